The fourth-order valence-corrected chi connectivity index (χ4v) is 2.69. The summed E-state index contributed by atoms with van der Waals surface area (Å²) in [6, 6.07) is 4.83. The zero-order chi connectivity index (χ0) is 15.6. The van der Waals surface area contributed by atoms with Crippen LogP contribution in [0.25, 0.3) is 0 Å². The average molecular weight is 301 g/mol. The fraction of sp³-hybridized carbons (Fsp3) is 0.533. The molecular formula is C15H18F3NO2. The number of carbonyl (C=O) groups is 1. The molecule has 1 fully saturated rings. The Balaban J connectivity index is 2.25. The molecule has 0 aromatic heterocycles. The van der Waals surface area contributed by atoms with Crippen molar-refractivity contribution in [2.45, 2.75) is 32.0 Å². The first-order chi connectivity index (χ1) is 9.84. The Morgan fingerprint density at radius 2 is 2.05 bits per heavy atom. The second-order valence-electron chi connectivity index (χ2n) is 5.32. The number of benzene rings is 1. The zero-order valence-corrected chi connectivity index (χ0v) is 11.7. The number of nitrogens with zero attached hydrogens (tertiary/aromatic N) is 1. The van der Waals surface area contributed by atoms with Crippen LogP contribution in [-0.4, -0.2) is 35.1 Å². The van der Waals surface area contributed by atoms with E-state index in [1.54, 1.807) is 0 Å². The number of alkyl halides is 3. The molecule has 2 rings (SSSR count). The molecular weight excluding hydrogens is 283 g/mol. The molecule has 0 saturated carbocycles. The van der Waals surface area contributed by atoms with Crippen LogP contribution in [0.2, 0.25) is 0 Å². The fourth-order valence-electron chi connectivity index (χ4n) is 2.69. The Kier molecular flexibility index (Phi) is 4.56. The molecule has 2 unspecified atom stereocenters. The molecule has 0 spiro atoms. The maximum atomic E-state index is 13.0. The number of amides is 1. The third-order valence-corrected chi connectivity index (χ3v) is 3.97. The van der Waals surface area contributed by atoms with Crippen molar-refractivity contribution in [3.05, 3.63) is 35.4 Å². The van der Waals surface area contributed by atoms with E-state index in [0.717, 1.165) is 6.07 Å². The number of halogens is 3. The number of carbonyl (C=O) groups excluding carboxylic acids is 1. The lowest BCUT2D eigenvalue weighted by molar-refractivity contribution is -0.138. The van der Waals surface area contributed by atoms with E-state index in [1.807, 2.05) is 6.92 Å². The second-order valence-corrected chi connectivity index (χ2v) is 5.32. The molecule has 116 valence electrons. The molecule has 1 aliphatic heterocycles. The Morgan fingerprint density at radius 1 is 1.38 bits per heavy atom. The Bertz CT molecular complexity index is 516. The molecule has 1 aromatic carbocycles. The summed E-state index contributed by atoms with van der Waals surface area (Å²) in [5.74, 6) is -0.700. The summed E-state index contributed by atoms with van der Waals surface area (Å²) in [5.41, 5.74) is -1.23. The van der Waals surface area contributed by atoms with Crippen LogP contribution in [0.4, 0.5) is 13.2 Å². The number of aliphatic hydroxyl groups is 1. The van der Waals surface area contributed by atoms with E-state index in [-0.39, 0.29) is 18.0 Å². The smallest absolute Gasteiger partial charge is 0.393 e. The highest BCUT2D eigenvalue weighted by Gasteiger charge is 2.37. The van der Waals surface area contributed by atoms with Crippen LogP contribution >= 0.6 is 0 Å². The Morgan fingerprint density at radius 3 is 2.67 bits per heavy atom. The van der Waals surface area contributed by atoms with Gasteiger partial charge < -0.3 is 10.0 Å². The molecule has 2 atom stereocenters. The minimum Gasteiger partial charge on any atom is -0.393 e. The standard InChI is InChI=1S/C15H18F3NO2/c1-2-10-9-19(8-7-13(10)20)14(21)11-5-3-4-6-12(11)15(16,17)18/h3-6,10,13,20H,2,7-9H2,1H3. The van der Waals surface area contributed by atoms with Crippen molar-refractivity contribution in [1.29, 1.82) is 0 Å². The normalized spacial score (nSPS) is 23.2. The van der Waals surface area contributed by atoms with Gasteiger partial charge in [-0.15, -0.1) is 0 Å². The second kappa shape index (κ2) is 6.05. The SMILES string of the molecule is CCC1CN(C(=O)c2ccccc2C(F)(F)F)CCC1O. The summed E-state index contributed by atoms with van der Waals surface area (Å²) >= 11 is 0. The first-order valence-electron chi connectivity index (χ1n) is 6.98. The van der Waals surface area contributed by atoms with Crippen molar-refractivity contribution in [1.82, 2.24) is 4.90 Å². The van der Waals surface area contributed by atoms with Crippen molar-refractivity contribution >= 4 is 5.91 Å². The highest BCUT2D eigenvalue weighted by Crippen LogP contribution is 2.33. The molecule has 1 saturated heterocycles. The highest BCUT2D eigenvalue weighted by molar-refractivity contribution is 5.96. The van der Waals surface area contributed by atoms with Gasteiger partial charge in [0.25, 0.3) is 5.91 Å². The number of rotatable bonds is 2. The summed E-state index contributed by atoms with van der Waals surface area (Å²) in [4.78, 5) is 13.8. The summed E-state index contributed by atoms with van der Waals surface area (Å²) in [5, 5.41) is 9.80. The van der Waals surface area contributed by atoms with E-state index in [2.05, 4.69) is 0 Å². The summed E-state index contributed by atoms with van der Waals surface area (Å²) in [6.07, 6.45) is -3.95. The van der Waals surface area contributed by atoms with Gasteiger partial charge in [-0.25, -0.2) is 0 Å². The third kappa shape index (κ3) is 3.37. The summed E-state index contributed by atoms with van der Waals surface area (Å²) < 4.78 is 38.9. The van der Waals surface area contributed by atoms with Crippen molar-refractivity contribution in [2.24, 2.45) is 5.92 Å². The van der Waals surface area contributed by atoms with Crippen molar-refractivity contribution in [3.63, 3.8) is 0 Å². The summed E-state index contributed by atoms with van der Waals surface area (Å²) in [6.45, 7) is 2.47. The molecule has 0 bridgehead atoms. The molecule has 1 amide bonds. The summed E-state index contributed by atoms with van der Waals surface area (Å²) in [7, 11) is 0. The minimum absolute atomic E-state index is 0.0826. The van der Waals surface area contributed by atoms with Gasteiger partial charge in [0.1, 0.15) is 0 Å². The van der Waals surface area contributed by atoms with E-state index in [4.69, 9.17) is 0 Å². The lowest BCUT2D eigenvalue weighted by Gasteiger charge is -2.36. The largest absolute Gasteiger partial charge is 0.417 e. The molecule has 1 heterocycles. The molecule has 0 radical (unpaired) electrons. The molecule has 6 heteroatoms. The van der Waals surface area contributed by atoms with Gasteiger partial charge in [-0.2, -0.15) is 13.2 Å². The number of hydrogen-bond donors (Lipinski definition) is 1. The van der Waals surface area contributed by atoms with Gasteiger partial charge in [-0.05, 0) is 25.0 Å². The van der Waals surface area contributed by atoms with Crippen LogP contribution in [-0.2, 0) is 6.18 Å². The molecule has 1 aliphatic rings. The van der Waals surface area contributed by atoms with Crippen molar-refractivity contribution in [2.75, 3.05) is 13.1 Å². The van der Waals surface area contributed by atoms with Gasteiger partial charge in [0, 0.05) is 19.0 Å². The number of hydrogen-bond acceptors (Lipinski definition) is 2. The van der Waals surface area contributed by atoms with E-state index in [1.165, 1.54) is 23.1 Å². The first kappa shape index (κ1) is 15.8. The van der Waals surface area contributed by atoms with Crippen LogP contribution in [0, 0.1) is 5.92 Å². The van der Waals surface area contributed by atoms with E-state index < -0.39 is 23.8 Å². The van der Waals surface area contributed by atoms with E-state index >= 15 is 0 Å². The number of piperidine rings is 1. The minimum atomic E-state index is -4.55. The maximum absolute atomic E-state index is 13.0. The first-order valence-corrected chi connectivity index (χ1v) is 6.98. The maximum Gasteiger partial charge on any atom is 0.417 e. The van der Waals surface area contributed by atoms with Crippen molar-refractivity contribution < 1.29 is 23.1 Å². The third-order valence-electron chi connectivity index (χ3n) is 3.97. The van der Waals surface area contributed by atoms with Crippen LogP contribution in [0.5, 0.6) is 0 Å². The van der Waals surface area contributed by atoms with Gasteiger partial charge in [0.2, 0.25) is 0 Å². The van der Waals surface area contributed by atoms with Crippen molar-refractivity contribution in [3.8, 4) is 0 Å². The van der Waals surface area contributed by atoms with Gasteiger partial charge in [0.15, 0.2) is 0 Å². The molecule has 21 heavy (non-hydrogen) atoms. The predicted octanol–water partition coefficient (Wildman–Crippen LogP) is 2.94. The zero-order valence-electron chi connectivity index (χ0n) is 11.7. The van der Waals surface area contributed by atoms with Gasteiger partial charge >= 0.3 is 6.18 Å². The Hall–Kier alpha value is -1.56. The molecule has 3 nitrogen and oxygen atoms in total. The number of likely N-dealkylation sites (tertiary alicyclic amines) is 1. The van der Waals surface area contributed by atoms with Crippen LogP contribution in [0.3, 0.4) is 0 Å². The molecule has 0 aliphatic carbocycles. The lowest BCUT2D eigenvalue weighted by atomic mass is 9.91. The van der Waals surface area contributed by atoms with Gasteiger partial charge in [0.05, 0.1) is 17.2 Å². The molecule has 1 aromatic rings. The highest BCUT2D eigenvalue weighted by atomic mass is 19.4. The van der Waals surface area contributed by atoms with E-state index in [9.17, 15) is 23.1 Å². The van der Waals surface area contributed by atoms with Gasteiger partial charge in [-0.1, -0.05) is 19.1 Å². The van der Waals surface area contributed by atoms with E-state index in [0.29, 0.717) is 19.4 Å². The van der Waals surface area contributed by atoms with Crippen LogP contribution in [0.1, 0.15) is 35.7 Å². The van der Waals surface area contributed by atoms with Gasteiger partial charge in [-0.3, -0.25) is 4.79 Å². The average Bonchev–Trinajstić information content (AvgIpc) is 2.46. The predicted molar refractivity (Wildman–Crippen MR) is 71.8 cm³/mol. The van der Waals surface area contributed by atoms with Crippen LogP contribution in [0.15, 0.2) is 24.3 Å². The quantitative estimate of drug-likeness (QED) is 0.912. The Labute approximate surface area is 121 Å². The van der Waals surface area contributed by atoms with Crippen LogP contribution < -0.4 is 0 Å². The monoisotopic (exact) mass is 301 g/mol. The molecule has 1 N–H and O–H groups in total. The topological polar surface area (TPSA) is 40.5 Å². The number of aliphatic hydroxyl groups excluding tert-OH is 1. The lowest BCUT2D eigenvalue weighted by Crippen LogP contribution is -2.46.